The van der Waals surface area contributed by atoms with Gasteiger partial charge in [-0.05, 0) is 30.2 Å². The van der Waals surface area contributed by atoms with Gasteiger partial charge in [-0.3, -0.25) is 4.79 Å². The Morgan fingerprint density at radius 3 is 2.57 bits per heavy atom. The van der Waals surface area contributed by atoms with E-state index >= 15 is 0 Å². The van der Waals surface area contributed by atoms with Gasteiger partial charge < -0.3 is 19.2 Å². The first-order valence-electron chi connectivity index (χ1n) is 10.4. The van der Waals surface area contributed by atoms with Crippen molar-refractivity contribution in [2.45, 2.75) is 32.9 Å². The Morgan fingerprint density at radius 2 is 1.73 bits per heavy atom. The molecule has 1 amide bonds. The van der Waals surface area contributed by atoms with Gasteiger partial charge in [-0.15, -0.1) is 0 Å². The number of rotatable bonds is 12. The van der Waals surface area contributed by atoms with Gasteiger partial charge in [0.2, 0.25) is 5.91 Å². The molecule has 0 saturated heterocycles. The lowest BCUT2D eigenvalue weighted by Crippen LogP contribution is -2.23. The normalized spacial score (nSPS) is 10.8. The summed E-state index contributed by atoms with van der Waals surface area (Å²) in [6.45, 7) is 4.89. The zero-order chi connectivity index (χ0) is 21.0. The fourth-order valence-electron chi connectivity index (χ4n) is 3.08. The molecule has 0 saturated carbocycles. The van der Waals surface area contributed by atoms with E-state index < -0.39 is 0 Å². The minimum Gasteiger partial charge on any atom is -0.461 e. The highest BCUT2D eigenvalue weighted by Gasteiger charge is 2.08. The van der Waals surface area contributed by atoms with Gasteiger partial charge in [-0.1, -0.05) is 54.6 Å². The van der Waals surface area contributed by atoms with Crippen molar-refractivity contribution in [1.29, 1.82) is 0 Å². The van der Waals surface area contributed by atoms with Gasteiger partial charge in [-0.2, -0.15) is 0 Å². The first kappa shape index (κ1) is 21.8. The summed E-state index contributed by atoms with van der Waals surface area (Å²) in [5, 5.41) is 2.98. The van der Waals surface area contributed by atoms with Crippen molar-refractivity contribution in [2.75, 3.05) is 19.8 Å². The fraction of sp³-hybridized carbons (Fsp3) is 0.320. The van der Waals surface area contributed by atoms with E-state index in [0.717, 1.165) is 28.2 Å². The van der Waals surface area contributed by atoms with E-state index in [1.165, 1.54) is 0 Å². The van der Waals surface area contributed by atoms with E-state index in [2.05, 4.69) is 11.4 Å². The third kappa shape index (κ3) is 7.17. The minimum atomic E-state index is 0.00558. The van der Waals surface area contributed by atoms with Crippen molar-refractivity contribution in [2.24, 2.45) is 0 Å². The van der Waals surface area contributed by atoms with Crippen molar-refractivity contribution in [3.8, 4) is 11.3 Å². The number of hydrogen-bond donors (Lipinski definition) is 1. The molecule has 3 rings (SSSR count). The molecule has 3 aromatic rings. The van der Waals surface area contributed by atoms with E-state index in [4.69, 9.17) is 13.9 Å². The standard InChI is InChI=1S/C25H29NO4/c1-2-28-15-16-29-19-21-8-6-7-20(17-21)18-26-25(27)14-12-23-11-13-24(30-23)22-9-4-3-5-10-22/h3-11,13,17H,2,12,14-16,18-19H2,1H3,(H,26,27). The van der Waals surface area contributed by atoms with Crippen LogP contribution in [0.2, 0.25) is 0 Å². The Morgan fingerprint density at radius 1 is 0.933 bits per heavy atom. The predicted molar refractivity (Wildman–Crippen MR) is 117 cm³/mol. The van der Waals surface area contributed by atoms with Gasteiger partial charge in [0.05, 0.1) is 19.8 Å². The Hall–Kier alpha value is -2.89. The first-order chi connectivity index (χ1) is 14.7. The summed E-state index contributed by atoms with van der Waals surface area (Å²) in [5.41, 5.74) is 3.18. The van der Waals surface area contributed by atoms with Crippen LogP contribution < -0.4 is 5.32 Å². The number of amides is 1. The summed E-state index contributed by atoms with van der Waals surface area (Å²) in [6, 6.07) is 21.9. The highest BCUT2D eigenvalue weighted by Crippen LogP contribution is 2.22. The Labute approximate surface area is 178 Å². The average molecular weight is 408 g/mol. The lowest BCUT2D eigenvalue weighted by Gasteiger charge is -2.08. The van der Waals surface area contributed by atoms with Crippen LogP contribution in [-0.2, 0) is 33.8 Å². The van der Waals surface area contributed by atoms with Crippen molar-refractivity contribution in [3.05, 3.63) is 83.6 Å². The van der Waals surface area contributed by atoms with E-state index in [9.17, 15) is 4.79 Å². The van der Waals surface area contributed by atoms with Gasteiger partial charge in [0.1, 0.15) is 11.5 Å². The zero-order valence-corrected chi connectivity index (χ0v) is 17.4. The number of hydrogen-bond acceptors (Lipinski definition) is 4. The second kappa shape index (κ2) is 12.0. The zero-order valence-electron chi connectivity index (χ0n) is 17.4. The predicted octanol–water partition coefficient (Wildman–Crippen LogP) is 4.75. The topological polar surface area (TPSA) is 60.7 Å². The van der Waals surface area contributed by atoms with E-state index in [1.807, 2.05) is 67.6 Å². The van der Waals surface area contributed by atoms with Gasteiger partial charge in [0.25, 0.3) is 0 Å². The Balaban J connectivity index is 1.39. The molecule has 0 atom stereocenters. The van der Waals surface area contributed by atoms with Gasteiger partial charge in [0, 0.05) is 31.6 Å². The number of carbonyl (C=O) groups is 1. The molecule has 0 radical (unpaired) electrons. The van der Waals surface area contributed by atoms with E-state index in [1.54, 1.807) is 0 Å². The summed E-state index contributed by atoms with van der Waals surface area (Å²) in [4.78, 5) is 12.2. The summed E-state index contributed by atoms with van der Waals surface area (Å²) in [5.74, 6) is 1.65. The van der Waals surface area contributed by atoms with Gasteiger partial charge in [-0.25, -0.2) is 0 Å². The summed E-state index contributed by atoms with van der Waals surface area (Å²) >= 11 is 0. The molecule has 0 unspecified atom stereocenters. The molecular weight excluding hydrogens is 378 g/mol. The molecule has 0 fully saturated rings. The maximum absolute atomic E-state index is 12.2. The van der Waals surface area contributed by atoms with Crippen molar-refractivity contribution in [3.63, 3.8) is 0 Å². The van der Waals surface area contributed by atoms with Crippen LogP contribution in [0.15, 0.2) is 71.1 Å². The van der Waals surface area contributed by atoms with E-state index in [-0.39, 0.29) is 5.91 Å². The highest BCUT2D eigenvalue weighted by atomic mass is 16.5. The SMILES string of the molecule is CCOCCOCc1cccc(CNC(=O)CCc2ccc(-c3ccccc3)o2)c1. The number of nitrogens with one attached hydrogen (secondary N) is 1. The molecule has 0 aliphatic rings. The van der Waals surface area contributed by atoms with Gasteiger partial charge in [0.15, 0.2) is 0 Å². The molecule has 0 aliphatic heterocycles. The maximum Gasteiger partial charge on any atom is 0.220 e. The van der Waals surface area contributed by atoms with Crippen molar-refractivity contribution >= 4 is 5.91 Å². The summed E-state index contributed by atoms with van der Waals surface area (Å²) in [7, 11) is 0. The smallest absolute Gasteiger partial charge is 0.220 e. The molecule has 0 aliphatic carbocycles. The largest absolute Gasteiger partial charge is 0.461 e. The van der Waals surface area contributed by atoms with Crippen molar-refractivity contribution in [1.82, 2.24) is 5.32 Å². The number of ether oxygens (including phenoxy) is 2. The third-order valence-corrected chi connectivity index (χ3v) is 4.64. The number of aryl methyl sites for hydroxylation is 1. The van der Waals surface area contributed by atoms with Crippen LogP contribution in [0, 0.1) is 0 Å². The Kier molecular flexibility index (Phi) is 8.69. The van der Waals surface area contributed by atoms with E-state index in [0.29, 0.717) is 45.8 Å². The lowest BCUT2D eigenvalue weighted by molar-refractivity contribution is -0.121. The Bertz CT molecular complexity index is 904. The molecule has 1 heterocycles. The molecule has 1 N–H and O–H groups in total. The van der Waals surface area contributed by atoms with Crippen LogP contribution in [0.1, 0.15) is 30.2 Å². The molecule has 5 nitrogen and oxygen atoms in total. The second-order valence-electron chi connectivity index (χ2n) is 6.98. The molecule has 158 valence electrons. The molecule has 0 spiro atoms. The van der Waals surface area contributed by atoms with Crippen LogP contribution in [0.25, 0.3) is 11.3 Å². The van der Waals surface area contributed by atoms with Crippen LogP contribution in [-0.4, -0.2) is 25.7 Å². The molecule has 2 aromatic carbocycles. The fourth-order valence-corrected chi connectivity index (χ4v) is 3.08. The summed E-state index contributed by atoms with van der Waals surface area (Å²) in [6.07, 6.45) is 0.967. The lowest BCUT2D eigenvalue weighted by atomic mass is 10.1. The number of furan rings is 1. The number of carbonyl (C=O) groups excluding carboxylic acids is 1. The van der Waals surface area contributed by atoms with Gasteiger partial charge >= 0.3 is 0 Å². The molecule has 5 heteroatoms. The summed E-state index contributed by atoms with van der Waals surface area (Å²) < 4.78 is 16.7. The molecule has 0 bridgehead atoms. The monoisotopic (exact) mass is 407 g/mol. The maximum atomic E-state index is 12.2. The quantitative estimate of drug-likeness (QED) is 0.440. The second-order valence-corrected chi connectivity index (χ2v) is 6.98. The van der Waals surface area contributed by atoms with Crippen LogP contribution in [0.3, 0.4) is 0 Å². The molecule has 30 heavy (non-hydrogen) atoms. The third-order valence-electron chi connectivity index (χ3n) is 4.64. The highest BCUT2D eigenvalue weighted by molar-refractivity contribution is 5.76. The molecular formula is C25H29NO4. The number of benzene rings is 2. The molecule has 1 aromatic heterocycles. The van der Waals surface area contributed by atoms with Crippen LogP contribution in [0.5, 0.6) is 0 Å². The minimum absolute atomic E-state index is 0.00558. The average Bonchev–Trinajstić information content (AvgIpc) is 3.26. The van der Waals surface area contributed by atoms with Crippen LogP contribution >= 0.6 is 0 Å². The first-order valence-corrected chi connectivity index (χ1v) is 10.4. The van der Waals surface area contributed by atoms with Crippen LogP contribution in [0.4, 0.5) is 0 Å². The van der Waals surface area contributed by atoms with Crippen molar-refractivity contribution < 1.29 is 18.7 Å².